The predicted octanol–water partition coefficient (Wildman–Crippen LogP) is 2.58. The smallest absolute Gasteiger partial charge is 0.124 e. The fourth-order valence-electron chi connectivity index (χ4n) is 1.28. The number of phenols is 1. The van der Waals surface area contributed by atoms with Crippen LogP contribution in [-0.2, 0) is 0 Å². The highest BCUT2D eigenvalue weighted by atomic mass is 16.3. The lowest BCUT2D eigenvalue weighted by atomic mass is 10.1. The average molecular weight is 171 g/mol. The van der Waals surface area contributed by atoms with Crippen molar-refractivity contribution in [3.63, 3.8) is 0 Å². The van der Waals surface area contributed by atoms with E-state index in [2.05, 4.69) is 11.6 Å². The summed E-state index contributed by atoms with van der Waals surface area (Å²) >= 11 is 0. The number of nitrogens with zero attached hydrogens (tertiary/aromatic N) is 1. The third kappa shape index (κ3) is 1.26. The van der Waals surface area contributed by atoms with Crippen LogP contribution in [0.15, 0.2) is 37.0 Å². The van der Waals surface area contributed by atoms with Crippen LogP contribution in [0.25, 0.3) is 16.8 Å². The van der Waals surface area contributed by atoms with Gasteiger partial charge >= 0.3 is 0 Å². The molecule has 0 atom stereocenters. The molecule has 0 radical (unpaired) electrons. The molecule has 2 nitrogen and oxygen atoms in total. The second-order valence-electron chi connectivity index (χ2n) is 2.81. The van der Waals surface area contributed by atoms with Crippen LogP contribution in [0.3, 0.4) is 0 Å². The molecule has 0 fully saturated rings. The van der Waals surface area contributed by atoms with E-state index in [-0.39, 0.29) is 5.75 Å². The fraction of sp³-hybridized carbons (Fsp3) is 0. The summed E-state index contributed by atoms with van der Waals surface area (Å²) in [6.45, 7) is 3.64. The van der Waals surface area contributed by atoms with Crippen molar-refractivity contribution < 1.29 is 5.11 Å². The van der Waals surface area contributed by atoms with Gasteiger partial charge in [0.15, 0.2) is 0 Å². The Morgan fingerprint density at radius 3 is 3.00 bits per heavy atom. The molecule has 0 unspecified atom stereocenters. The average Bonchev–Trinajstić information content (AvgIpc) is 2.18. The van der Waals surface area contributed by atoms with E-state index >= 15 is 0 Å². The second-order valence-corrected chi connectivity index (χ2v) is 2.81. The molecular formula is C11H9NO. The van der Waals surface area contributed by atoms with Crippen LogP contribution in [0.5, 0.6) is 5.75 Å². The van der Waals surface area contributed by atoms with E-state index < -0.39 is 0 Å². The zero-order valence-corrected chi connectivity index (χ0v) is 7.07. The molecule has 0 aliphatic heterocycles. The molecule has 13 heavy (non-hydrogen) atoms. The number of hydrogen-bond acceptors (Lipinski definition) is 2. The molecule has 64 valence electrons. The third-order valence-corrected chi connectivity index (χ3v) is 1.97. The number of benzene rings is 1. The molecule has 0 aliphatic rings. The van der Waals surface area contributed by atoms with E-state index in [1.807, 2.05) is 18.2 Å². The Kier molecular flexibility index (Phi) is 1.74. The first kappa shape index (κ1) is 7.80. The van der Waals surface area contributed by atoms with Crippen molar-refractivity contribution >= 4 is 16.8 Å². The van der Waals surface area contributed by atoms with E-state index in [4.69, 9.17) is 0 Å². The number of pyridine rings is 1. The summed E-state index contributed by atoms with van der Waals surface area (Å²) in [5, 5.41) is 11.2. The molecule has 0 saturated heterocycles. The summed E-state index contributed by atoms with van der Waals surface area (Å²) in [6.07, 6.45) is 3.34. The summed E-state index contributed by atoms with van der Waals surface area (Å²) in [5.74, 6) is 0.264. The van der Waals surface area contributed by atoms with Gasteiger partial charge in [-0.2, -0.15) is 0 Å². The molecule has 1 heterocycles. The summed E-state index contributed by atoms with van der Waals surface area (Å²) < 4.78 is 0. The van der Waals surface area contributed by atoms with E-state index in [0.29, 0.717) is 0 Å². The lowest BCUT2D eigenvalue weighted by molar-refractivity contribution is 0.481. The van der Waals surface area contributed by atoms with Crippen LogP contribution in [0.1, 0.15) is 5.69 Å². The van der Waals surface area contributed by atoms with Crippen LogP contribution in [0.4, 0.5) is 0 Å². The molecule has 2 heteroatoms. The lowest BCUT2D eigenvalue weighted by Crippen LogP contribution is -1.81. The molecule has 0 aliphatic carbocycles. The van der Waals surface area contributed by atoms with Crippen molar-refractivity contribution in [1.82, 2.24) is 4.98 Å². The minimum Gasteiger partial charge on any atom is -0.507 e. The van der Waals surface area contributed by atoms with Gasteiger partial charge in [0.1, 0.15) is 5.75 Å². The molecule has 1 aromatic carbocycles. The Bertz CT molecular complexity index is 463. The quantitative estimate of drug-likeness (QED) is 0.715. The van der Waals surface area contributed by atoms with Gasteiger partial charge in [-0.05, 0) is 23.6 Å². The molecule has 0 bridgehead atoms. The number of aromatic nitrogens is 1. The van der Waals surface area contributed by atoms with Crippen molar-refractivity contribution in [3.05, 3.63) is 42.7 Å². The van der Waals surface area contributed by atoms with Crippen LogP contribution < -0.4 is 0 Å². The van der Waals surface area contributed by atoms with Crippen molar-refractivity contribution in [1.29, 1.82) is 0 Å². The maximum atomic E-state index is 9.47. The molecule has 2 aromatic rings. The van der Waals surface area contributed by atoms with Gasteiger partial charge in [-0.1, -0.05) is 18.7 Å². The van der Waals surface area contributed by atoms with E-state index in [1.165, 1.54) is 0 Å². The highest BCUT2D eigenvalue weighted by Gasteiger charge is 1.98. The van der Waals surface area contributed by atoms with Crippen molar-refractivity contribution in [3.8, 4) is 5.75 Å². The lowest BCUT2D eigenvalue weighted by Gasteiger charge is -2.00. The minimum absolute atomic E-state index is 0.264. The van der Waals surface area contributed by atoms with Gasteiger partial charge in [-0.15, -0.1) is 0 Å². The first-order valence-electron chi connectivity index (χ1n) is 4.01. The highest BCUT2D eigenvalue weighted by molar-refractivity contribution is 5.88. The van der Waals surface area contributed by atoms with Crippen molar-refractivity contribution in [2.75, 3.05) is 0 Å². The maximum Gasteiger partial charge on any atom is 0.124 e. The molecule has 0 spiro atoms. The van der Waals surface area contributed by atoms with Gasteiger partial charge in [-0.25, -0.2) is 0 Å². The zero-order valence-electron chi connectivity index (χ0n) is 7.07. The van der Waals surface area contributed by atoms with Crippen LogP contribution in [0, 0.1) is 0 Å². The Balaban J connectivity index is 2.79. The Hall–Kier alpha value is -1.83. The SMILES string of the molecule is C=Cc1cc2cccc(O)c2cn1. The molecule has 1 N–H and O–H groups in total. The van der Waals surface area contributed by atoms with Crippen LogP contribution in [0.2, 0.25) is 0 Å². The van der Waals surface area contributed by atoms with Gasteiger partial charge in [0.2, 0.25) is 0 Å². The summed E-state index contributed by atoms with van der Waals surface area (Å²) in [4.78, 5) is 4.11. The summed E-state index contributed by atoms with van der Waals surface area (Å²) in [7, 11) is 0. The Morgan fingerprint density at radius 2 is 2.23 bits per heavy atom. The van der Waals surface area contributed by atoms with E-state index in [9.17, 15) is 5.11 Å². The van der Waals surface area contributed by atoms with Crippen molar-refractivity contribution in [2.45, 2.75) is 0 Å². The molecule has 0 saturated carbocycles. The zero-order chi connectivity index (χ0) is 9.26. The predicted molar refractivity (Wildman–Crippen MR) is 53.5 cm³/mol. The maximum absolute atomic E-state index is 9.47. The second kappa shape index (κ2) is 2.90. The molecule has 1 aromatic heterocycles. The number of phenolic OH excluding ortho intramolecular Hbond substituents is 1. The highest BCUT2D eigenvalue weighted by Crippen LogP contribution is 2.23. The number of rotatable bonds is 1. The summed E-state index contributed by atoms with van der Waals surface area (Å²) in [6, 6.07) is 7.29. The van der Waals surface area contributed by atoms with Gasteiger partial charge in [0.05, 0.1) is 5.69 Å². The first-order valence-corrected chi connectivity index (χ1v) is 4.01. The summed E-state index contributed by atoms with van der Waals surface area (Å²) in [5.41, 5.74) is 0.818. The van der Waals surface area contributed by atoms with Gasteiger partial charge in [-0.3, -0.25) is 4.98 Å². The Labute approximate surface area is 76.2 Å². The normalized spacial score (nSPS) is 10.2. The number of aromatic hydroxyl groups is 1. The molecular weight excluding hydrogens is 162 g/mol. The standard InChI is InChI=1S/C11H9NO/c1-2-9-6-8-4-3-5-11(13)10(8)7-12-9/h2-7,13H,1H2. The first-order chi connectivity index (χ1) is 6.31. The molecule has 0 amide bonds. The third-order valence-electron chi connectivity index (χ3n) is 1.97. The Morgan fingerprint density at radius 1 is 1.38 bits per heavy atom. The van der Waals surface area contributed by atoms with Gasteiger partial charge in [0, 0.05) is 11.6 Å². The van der Waals surface area contributed by atoms with Crippen molar-refractivity contribution in [2.24, 2.45) is 0 Å². The van der Waals surface area contributed by atoms with E-state index in [0.717, 1.165) is 16.5 Å². The van der Waals surface area contributed by atoms with Gasteiger partial charge < -0.3 is 5.11 Å². The van der Waals surface area contributed by atoms with Crippen LogP contribution >= 0.6 is 0 Å². The van der Waals surface area contributed by atoms with Gasteiger partial charge in [0.25, 0.3) is 0 Å². The topological polar surface area (TPSA) is 33.1 Å². The van der Waals surface area contributed by atoms with E-state index in [1.54, 1.807) is 18.3 Å². The minimum atomic E-state index is 0.264. The number of hydrogen-bond donors (Lipinski definition) is 1. The largest absolute Gasteiger partial charge is 0.507 e. The fourth-order valence-corrected chi connectivity index (χ4v) is 1.28. The van der Waals surface area contributed by atoms with Crippen LogP contribution in [-0.4, -0.2) is 10.1 Å². The number of fused-ring (bicyclic) bond motifs is 1. The molecule has 2 rings (SSSR count). The monoisotopic (exact) mass is 171 g/mol.